The lowest BCUT2D eigenvalue weighted by atomic mass is 10.2. The van der Waals surface area contributed by atoms with Gasteiger partial charge in [-0.3, -0.25) is 9.69 Å². The molecule has 138 valence electrons. The van der Waals surface area contributed by atoms with Gasteiger partial charge in [0.1, 0.15) is 5.82 Å². The molecule has 0 saturated carbocycles. The number of halogens is 1. The second-order valence-electron chi connectivity index (χ2n) is 6.83. The van der Waals surface area contributed by atoms with Gasteiger partial charge in [0, 0.05) is 45.5 Å². The lowest BCUT2D eigenvalue weighted by molar-refractivity contribution is -0.129. The molecule has 1 amide bonds. The van der Waals surface area contributed by atoms with E-state index in [4.69, 9.17) is 0 Å². The smallest absolute Gasteiger partial charge is 0.242 e. The molecule has 0 aromatic heterocycles. The highest BCUT2D eigenvalue weighted by molar-refractivity contribution is 5.81. The number of hydrogen-bond donors (Lipinski definition) is 0. The Morgan fingerprint density at radius 2 is 1.73 bits per heavy atom. The average Bonchev–Trinajstić information content (AvgIpc) is 2.90. The summed E-state index contributed by atoms with van der Waals surface area (Å²) < 4.78 is 13.0. The second kappa shape index (κ2) is 8.81. The van der Waals surface area contributed by atoms with Crippen molar-refractivity contribution in [2.45, 2.75) is 13.0 Å². The minimum absolute atomic E-state index is 0.167. The Balaban J connectivity index is 1.51. The van der Waals surface area contributed by atoms with Crippen LogP contribution in [0.1, 0.15) is 12.0 Å². The first-order valence-electron chi connectivity index (χ1n) is 9.12. The molecule has 1 fully saturated rings. The van der Waals surface area contributed by atoms with Gasteiger partial charge in [0.15, 0.2) is 0 Å². The van der Waals surface area contributed by atoms with Gasteiger partial charge in [0.25, 0.3) is 0 Å². The summed E-state index contributed by atoms with van der Waals surface area (Å²) in [6, 6.07) is 16.6. The molecule has 0 bridgehead atoms. The van der Waals surface area contributed by atoms with Crippen LogP contribution in [0.15, 0.2) is 54.6 Å². The molecule has 0 unspecified atom stereocenters. The van der Waals surface area contributed by atoms with Crippen molar-refractivity contribution in [2.24, 2.45) is 0 Å². The van der Waals surface area contributed by atoms with Crippen molar-refractivity contribution in [2.75, 3.05) is 44.7 Å². The van der Waals surface area contributed by atoms with Crippen LogP contribution in [0.25, 0.3) is 0 Å². The van der Waals surface area contributed by atoms with Crippen LogP contribution >= 0.6 is 0 Å². The van der Waals surface area contributed by atoms with E-state index in [0.29, 0.717) is 6.54 Å². The van der Waals surface area contributed by atoms with Crippen LogP contribution in [-0.2, 0) is 11.3 Å². The molecule has 3 rings (SSSR count). The van der Waals surface area contributed by atoms with E-state index in [2.05, 4.69) is 4.90 Å². The SMILES string of the molecule is CN(CC(=O)N1CCCN(Cc2ccc(F)cc2)CC1)c1ccccc1. The number of benzene rings is 2. The van der Waals surface area contributed by atoms with E-state index >= 15 is 0 Å². The molecule has 0 radical (unpaired) electrons. The van der Waals surface area contributed by atoms with Gasteiger partial charge in [-0.25, -0.2) is 4.39 Å². The van der Waals surface area contributed by atoms with Crippen LogP contribution in [0.5, 0.6) is 0 Å². The van der Waals surface area contributed by atoms with Crippen LogP contribution in [0, 0.1) is 5.82 Å². The van der Waals surface area contributed by atoms with Gasteiger partial charge < -0.3 is 9.80 Å². The monoisotopic (exact) mass is 355 g/mol. The quantitative estimate of drug-likeness (QED) is 0.825. The minimum atomic E-state index is -0.205. The first-order chi connectivity index (χ1) is 12.6. The fraction of sp³-hybridized carbons (Fsp3) is 0.381. The van der Waals surface area contributed by atoms with E-state index in [1.54, 1.807) is 0 Å². The van der Waals surface area contributed by atoms with Gasteiger partial charge in [-0.05, 0) is 36.2 Å². The van der Waals surface area contributed by atoms with E-state index in [1.165, 1.54) is 12.1 Å². The van der Waals surface area contributed by atoms with Gasteiger partial charge >= 0.3 is 0 Å². The summed E-state index contributed by atoms with van der Waals surface area (Å²) >= 11 is 0. The number of rotatable bonds is 5. The molecular weight excluding hydrogens is 329 g/mol. The zero-order chi connectivity index (χ0) is 18.4. The number of para-hydroxylation sites is 1. The van der Waals surface area contributed by atoms with Crippen molar-refractivity contribution >= 4 is 11.6 Å². The van der Waals surface area contributed by atoms with Crippen LogP contribution in [0.2, 0.25) is 0 Å². The molecule has 1 saturated heterocycles. The molecule has 1 heterocycles. The van der Waals surface area contributed by atoms with Crippen LogP contribution < -0.4 is 4.90 Å². The number of carbonyl (C=O) groups excluding carboxylic acids is 1. The van der Waals surface area contributed by atoms with Crippen molar-refractivity contribution in [1.82, 2.24) is 9.80 Å². The Kier molecular flexibility index (Phi) is 6.23. The fourth-order valence-corrected chi connectivity index (χ4v) is 3.30. The molecule has 0 atom stereocenters. The normalized spacial score (nSPS) is 15.5. The molecular formula is C21H26FN3O. The molecule has 0 aliphatic carbocycles. The third kappa shape index (κ3) is 5.05. The van der Waals surface area contributed by atoms with Gasteiger partial charge in [-0.15, -0.1) is 0 Å². The third-order valence-corrected chi connectivity index (χ3v) is 4.83. The zero-order valence-corrected chi connectivity index (χ0v) is 15.3. The standard InChI is InChI=1S/C21H26FN3O/c1-23(20-6-3-2-4-7-20)17-21(26)25-13-5-12-24(14-15-25)16-18-8-10-19(22)11-9-18/h2-4,6-11H,5,12-17H2,1H3. The molecule has 5 heteroatoms. The van der Waals surface area contributed by atoms with Gasteiger partial charge in [-0.1, -0.05) is 30.3 Å². The number of likely N-dealkylation sites (N-methyl/N-ethyl adjacent to an activating group) is 1. The number of anilines is 1. The average molecular weight is 355 g/mol. The molecule has 2 aromatic rings. The number of amides is 1. The lowest BCUT2D eigenvalue weighted by Crippen LogP contribution is -2.41. The first kappa shape index (κ1) is 18.4. The maximum absolute atomic E-state index is 13.0. The van der Waals surface area contributed by atoms with Crippen molar-refractivity contribution in [3.63, 3.8) is 0 Å². The molecule has 0 spiro atoms. The van der Waals surface area contributed by atoms with Gasteiger partial charge in [0.05, 0.1) is 6.54 Å². The molecule has 4 nitrogen and oxygen atoms in total. The molecule has 26 heavy (non-hydrogen) atoms. The Morgan fingerprint density at radius 1 is 1.00 bits per heavy atom. The second-order valence-corrected chi connectivity index (χ2v) is 6.83. The van der Waals surface area contributed by atoms with Crippen molar-refractivity contribution in [3.8, 4) is 0 Å². The Morgan fingerprint density at radius 3 is 2.46 bits per heavy atom. The Hall–Kier alpha value is -2.40. The largest absolute Gasteiger partial charge is 0.365 e. The predicted octanol–water partition coefficient (Wildman–Crippen LogP) is 3.00. The van der Waals surface area contributed by atoms with E-state index in [-0.39, 0.29) is 11.7 Å². The topological polar surface area (TPSA) is 26.8 Å². The van der Waals surface area contributed by atoms with Crippen LogP contribution in [-0.4, -0.2) is 55.5 Å². The van der Waals surface area contributed by atoms with Crippen molar-refractivity contribution in [3.05, 3.63) is 66.0 Å². The van der Waals surface area contributed by atoms with Gasteiger partial charge in [-0.2, -0.15) is 0 Å². The van der Waals surface area contributed by atoms with E-state index < -0.39 is 0 Å². The summed E-state index contributed by atoms with van der Waals surface area (Å²) in [4.78, 5) is 18.9. The zero-order valence-electron chi connectivity index (χ0n) is 15.3. The highest BCUT2D eigenvalue weighted by Crippen LogP contribution is 2.13. The first-order valence-corrected chi connectivity index (χ1v) is 9.12. The summed E-state index contributed by atoms with van der Waals surface area (Å²) in [7, 11) is 1.95. The van der Waals surface area contributed by atoms with E-state index in [0.717, 1.165) is 50.4 Å². The summed E-state index contributed by atoms with van der Waals surface area (Å²) in [5, 5.41) is 0. The Labute approximate surface area is 154 Å². The summed E-state index contributed by atoms with van der Waals surface area (Å²) in [5.74, 6) is -0.0380. The molecule has 1 aliphatic heterocycles. The third-order valence-electron chi connectivity index (χ3n) is 4.83. The van der Waals surface area contributed by atoms with Crippen LogP contribution in [0.3, 0.4) is 0 Å². The minimum Gasteiger partial charge on any atom is -0.365 e. The number of nitrogens with zero attached hydrogens (tertiary/aromatic N) is 3. The Bertz CT molecular complexity index is 705. The molecule has 0 N–H and O–H groups in total. The lowest BCUT2D eigenvalue weighted by Gasteiger charge is -2.25. The van der Waals surface area contributed by atoms with Crippen molar-refractivity contribution < 1.29 is 9.18 Å². The van der Waals surface area contributed by atoms with Crippen LogP contribution in [0.4, 0.5) is 10.1 Å². The predicted molar refractivity (Wildman–Crippen MR) is 103 cm³/mol. The maximum Gasteiger partial charge on any atom is 0.242 e. The summed E-state index contributed by atoms with van der Waals surface area (Å²) in [6.45, 7) is 4.52. The molecule has 2 aromatic carbocycles. The van der Waals surface area contributed by atoms with Gasteiger partial charge in [0.2, 0.25) is 5.91 Å². The van der Waals surface area contributed by atoms with E-state index in [9.17, 15) is 9.18 Å². The highest BCUT2D eigenvalue weighted by Gasteiger charge is 2.20. The fourth-order valence-electron chi connectivity index (χ4n) is 3.30. The number of carbonyl (C=O) groups is 1. The van der Waals surface area contributed by atoms with E-state index in [1.807, 2.05) is 59.3 Å². The number of hydrogen-bond acceptors (Lipinski definition) is 3. The highest BCUT2D eigenvalue weighted by atomic mass is 19.1. The van der Waals surface area contributed by atoms with Crippen molar-refractivity contribution in [1.29, 1.82) is 0 Å². The summed E-state index contributed by atoms with van der Waals surface area (Å²) in [6.07, 6.45) is 0.960. The maximum atomic E-state index is 13.0. The summed E-state index contributed by atoms with van der Waals surface area (Å²) in [5.41, 5.74) is 2.16. The molecule has 1 aliphatic rings.